The van der Waals surface area contributed by atoms with E-state index in [1.165, 1.54) is 13.2 Å². The topological polar surface area (TPSA) is 41.6 Å². The van der Waals surface area contributed by atoms with Crippen LogP contribution in [0.25, 0.3) is 0 Å². The molecule has 1 aromatic rings. The average molecular weight is 330 g/mol. The number of methoxy groups -OCH3 is 1. The van der Waals surface area contributed by atoms with Crippen molar-refractivity contribution in [2.24, 2.45) is 5.92 Å². The number of nitrogens with one attached hydrogen (secondary N) is 1. The van der Waals surface area contributed by atoms with Gasteiger partial charge in [0.2, 0.25) is 0 Å². The molecule has 0 bridgehead atoms. The second kappa shape index (κ2) is 7.31. The van der Waals surface area contributed by atoms with E-state index < -0.39 is 11.7 Å². The Kier molecular flexibility index (Phi) is 5.64. The third kappa shape index (κ3) is 4.45. The van der Waals surface area contributed by atoms with Gasteiger partial charge in [0, 0.05) is 38.6 Å². The van der Waals surface area contributed by atoms with Crippen molar-refractivity contribution < 1.29 is 22.7 Å². The van der Waals surface area contributed by atoms with E-state index in [1.54, 1.807) is 6.92 Å². The Balaban J connectivity index is 2.14. The van der Waals surface area contributed by atoms with Gasteiger partial charge in [0.15, 0.2) is 5.78 Å². The van der Waals surface area contributed by atoms with Crippen LogP contribution in [0.1, 0.15) is 22.8 Å². The van der Waals surface area contributed by atoms with Crippen molar-refractivity contribution >= 4 is 5.78 Å². The maximum absolute atomic E-state index is 12.8. The number of ketones is 1. The van der Waals surface area contributed by atoms with Gasteiger partial charge in [0.25, 0.3) is 0 Å². The Morgan fingerprint density at radius 3 is 2.57 bits per heavy atom. The van der Waals surface area contributed by atoms with E-state index in [4.69, 9.17) is 4.74 Å². The summed E-state index contributed by atoms with van der Waals surface area (Å²) in [6.07, 6.45) is -4.46. The summed E-state index contributed by atoms with van der Waals surface area (Å²) in [5.74, 6) is -0.537. The Morgan fingerprint density at radius 2 is 2.00 bits per heavy atom. The number of hydrogen-bond donors (Lipinski definition) is 1. The predicted molar refractivity (Wildman–Crippen MR) is 80.8 cm³/mol. The van der Waals surface area contributed by atoms with E-state index in [2.05, 4.69) is 10.2 Å². The molecule has 23 heavy (non-hydrogen) atoms. The molecule has 4 nitrogen and oxygen atoms in total. The van der Waals surface area contributed by atoms with Crippen LogP contribution in [0.2, 0.25) is 0 Å². The van der Waals surface area contributed by atoms with E-state index >= 15 is 0 Å². The quantitative estimate of drug-likeness (QED) is 0.842. The second-order valence-electron chi connectivity index (χ2n) is 5.73. The molecule has 0 saturated carbocycles. The highest BCUT2D eigenvalue weighted by atomic mass is 19.4. The number of nitrogens with zero attached hydrogens (tertiary/aromatic N) is 1. The van der Waals surface area contributed by atoms with Gasteiger partial charge in [-0.3, -0.25) is 4.79 Å². The molecular weight excluding hydrogens is 309 g/mol. The largest absolute Gasteiger partial charge is 0.496 e. The first-order valence-electron chi connectivity index (χ1n) is 7.55. The van der Waals surface area contributed by atoms with Gasteiger partial charge in [-0.05, 0) is 18.2 Å². The molecule has 7 heteroatoms. The maximum Gasteiger partial charge on any atom is 0.416 e. The molecule has 0 aromatic heterocycles. The van der Waals surface area contributed by atoms with E-state index in [-0.39, 0.29) is 23.0 Å². The Morgan fingerprint density at radius 1 is 1.35 bits per heavy atom. The van der Waals surface area contributed by atoms with Crippen LogP contribution in [-0.4, -0.2) is 50.5 Å². The predicted octanol–water partition coefficient (Wildman–Crippen LogP) is 2.44. The summed E-state index contributed by atoms with van der Waals surface area (Å²) in [4.78, 5) is 14.7. The Labute approximate surface area is 133 Å². The lowest BCUT2D eigenvalue weighted by Crippen LogP contribution is -2.45. The zero-order chi connectivity index (χ0) is 17.0. The monoisotopic (exact) mass is 330 g/mol. The first kappa shape index (κ1) is 17.7. The Bertz CT molecular complexity index is 555. The summed E-state index contributed by atoms with van der Waals surface area (Å²) in [6.45, 7) is 5.87. The zero-order valence-electron chi connectivity index (χ0n) is 13.2. The average Bonchev–Trinajstić information content (AvgIpc) is 2.53. The van der Waals surface area contributed by atoms with E-state index in [0.717, 1.165) is 38.3 Å². The summed E-state index contributed by atoms with van der Waals surface area (Å²) in [5.41, 5.74) is -0.621. The summed E-state index contributed by atoms with van der Waals surface area (Å²) >= 11 is 0. The van der Waals surface area contributed by atoms with Gasteiger partial charge in [0.1, 0.15) is 5.75 Å². The van der Waals surface area contributed by atoms with Gasteiger partial charge in [-0.2, -0.15) is 13.2 Å². The van der Waals surface area contributed by atoms with E-state index in [0.29, 0.717) is 6.54 Å². The van der Waals surface area contributed by atoms with E-state index in [9.17, 15) is 18.0 Å². The molecule has 1 aromatic carbocycles. The van der Waals surface area contributed by atoms with Crippen molar-refractivity contribution in [3.05, 3.63) is 29.3 Å². The van der Waals surface area contributed by atoms with Crippen molar-refractivity contribution in [3.63, 3.8) is 0 Å². The highest BCUT2D eigenvalue weighted by Crippen LogP contribution is 2.33. The van der Waals surface area contributed by atoms with Gasteiger partial charge in [-0.1, -0.05) is 6.92 Å². The molecule has 1 fully saturated rings. The smallest absolute Gasteiger partial charge is 0.416 e. The molecule has 2 rings (SSSR count). The maximum atomic E-state index is 12.8. The highest BCUT2D eigenvalue weighted by molar-refractivity contribution is 6.00. The molecule has 0 radical (unpaired) electrons. The van der Waals surface area contributed by atoms with Crippen molar-refractivity contribution in [1.82, 2.24) is 10.2 Å². The first-order valence-corrected chi connectivity index (χ1v) is 7.55. The number of piperazine rings is 1. The third-order valence-corrected chi connectivity index (χ3v) is 3.98. The molecule has 0 amide bonds. The zero-order valence-corrected chi connectivity index (χ0v) is 13.2. The van der Waals surface area contributed by atoms with Gasteiger partial charge in [-0.25, -0.2) is 0 Å². The second-order valence-corrected chi connectivity index (χ2v) is 5.73. The van der Waals surface area contributed by atoms with Crippen LogP contribution in [0.4, 0.5) is 13.2 Å². The van der Waals surface area contributed by atoms with E-state index in [1.807, 2.05) is 0 Å². The summed E-state index contributed by atoms with van der Waals surface area (Å²) in [7, 11) is 1.27. The van der Waals surface area contributed by atoms with Gasteiger partial charge >= 0.3 is 6.18 Å². The van der Waals surface area contributed by atoms with Crippen LogP contribution in [0.15, 0.2) is 18.2 Å². The van der Waals surface area contributed by atoms with Crippen molar-refractivity contribution in [3.8, 4) is 5.75 Å². The van der Waals surface area contributed by atoms with Crippen LogP contribution >= 0.6 is 0 Å². The van der Waals surface area contributed by atoms with Gasteiger partial charge in [-0.15, -0.1) is 0 Å². The van der Waals surface area contributed by atoms with Crippen LogP contribution in [0.5, 0.6) is 5.75 Å². The van der Waals surface area contributed by atoms with Crippen LogP contribution in [-0.2, 0) is 6.18 Å². The minimum Gasteiger partial charge on any atom is -0.496 e. The minimum absolute atomic E-state index is 0.0306. The van der Waals surface area contributed by atoms with Crippen molar-refractivity contribution in [2.45, 2.75) is 13.1 Å². The molecule has 1 unspecified atom stereocenters. The van der Waals surface area contributed by atoms with Gasteiger partial charge < -0.3 is 15.0 Å². The highest BCUT2D eigenvalue weighted by Gasteiger charge is 2.32. The third-order valence-electron chi connectivity index (χ3n) is 3.98. The number of carbonyl (C=O) groups is 1. The molecule has 1 aliphatic heterocycles. The molecule has 1 saturated heterocycles. The molecule has 128 valence electrons. The lowest BCUT2D eigenvalue weighted by molar-refractivity contribution is -0.137. The molecule has 1 atom stereocenters. The summed E-state index contributed by atoms with van der Waals surface area (Å²) < 4.78 is 43.3. The number of ether oxygens (including phenoxy) is 1. The number of benzene rings is 1. The molecular formula is C16H21F3N2O2. The number of hydrogen-bond acceptors (Lipinski definition) is 4. The van der Waals surface area contributed by atoms with Crippen LogP contribution in [0, 0.1) is 5.92 Å². The lowest BCUT2D eigenvalue weighted by atomic mass is 9.96. The summed E-state index contributed by atoms with van der Waals surface area (Å²) in [6, 6.07) is 3.01. The van der Waals surface area contributed by atoms with Crippen molar-refractivity contribution in [2.75, 3.05) is 39.8 Å². The van der Waals surface area contributed by atoms with Crippen molar-refractivity contribution in [1.29, 1.82) is 0 Å². The van der Waals surface area contributed by atoms with Crippen LogP contribution < -0.4 is 10.1 Å². The number of rotatable bonds is 5. The van der Waals surface area contributed by atoms with Gasteiger partial charge in [0.05, 0.1) is 18.2 Å². The fourth-order valence-corrected chi connectivity index (χ4v) is 2.70. The molecule has 1 aliphatic rings. The fraction of sp³-hybridized carbons (Fsp3) is 0.562. The molecule has 1 N–H and O–H groups in total. The molecule has 0 aliphatic carbocycles. The molecule has 0 spiro atoms. The standard InChI is InChI=1S/C16H21F3N2O2/c1-11(10-21-7-5-20-6-8-21)15(22)13-4-3-12(16(17,18)19)9-14(13)23-2/h3-4,9,11,20H,5-8,10H2,1-2H3. The molecule has 1 heterocycles. The lowest BCUT2D eigenvalue weighted by Gasteiger charge is -2.29. The Hall–Kier alpha value is -1.60. The number of Topliss-reactive ketones (excluding diaryl/α,β-unsaturated/α-hetero) is 1. The van der Waals surface area contributed by atoms with Crippen LogP contribution in [0.3, 0.4) is 0 Å². The number of halogens is 3. The summed E-state index contributed by atoms with van der Waals surface area (Å²) in [5, 5.41) is 3.23. The normalized spacial score (nSPS) is 17.8. The number of alkyl halides is 3. The first-order chi connectivity index (χ1) is 10.8. The minimum atomic E-state index is -4.46. The number of carbonyl (C=O) groups excluding carboxylic acids is 1. The SMILES string of the molecule is COc1cc(C(F)(F)F)ccc1C(=O)C(C)CN1CCNCC1. The fourth-order valence-electron chi connectivity index (χ4n) is 2.70.